The van der Waals surface area contributed by atoms with Crippen molar-refractivity contribution in [2.45, 2.75) is 25.3 Å². The third-order valence-corrected chi connectivity index (χ3v) is 4.82. The van der Waals surface area contributed by atoms with Gasteiger partial charge in [0.15, 0.2) is 0 Å². The number of halogens is 1. The number of carbonyl (C=O) groups is 1. The van der Waals surface area contributed by atoms with E-state index in [0.29, 0.717) is 12.4 Å². The first-order valence-electron chi connectivity index (χ1n) is 6.88. The molecule has 1 aromatic heterocycles. The SMILES string of the molecule is CCC(c1nc(CCl)cs1)N1CC(=O)Nc2ccccc21. The first-order valence-corrected chi connectivity index (χ1v) is 8.30. The fraction of sp³-hybridized carbons (Fsp3) is 0.333. The molecule has 1 unspecified atom stereocenters. The van der Waals surface area contributed by atoms with Gasteiger partial charge in [-0.1, -0.05) is 19.1 Å². The number of hydrogen-bond acceptors (Lipinski definition) is 4. The van der Waals surface area contributed by atoms with Gasteiger partial charge in [0, 0.05) is 5.38 Å². The molecule has 0 saturated heterocycles. The summed E-state index contributed by atoms with van der Waals surface area (Å²) in [6, 6.07) is 7.98. The van der Waals surface area contributed by atoms with E-state index in [1.165, 1.54) is 0 Å². The van der Waals surface area contributed by atoms with Crippen LogP contribution in [0.2, 0.25) is 0 Å². The van der Waals surface area contributed by atoms with Crippen LogP contribution in [0.1, 0.15) is 30.1 Å². The van der Waals surface area contributed by atoms with Gasteiger partial charge in [-0.15, -0.1) is 22.9 Å². The average Bonchev–Trinajstić information content (AvgIpc) is 2.96. The van der Waals surface area contributed by atoms with Crippen LogP contribution in [-0.2, 0) is 10.7 Å². The number of nitrogens with zero attached hydrogens (tertiary/aromatic N) is 2. The Balaban J connectivity index is 1.99. The van der Waals surface area contributed by atoms with Crippen LogP contribution in [0.4, 0.5) is 11.4 Å². The molecule has 110 valence electrons. The number of anilines is 2. The normalized spacial score (nSPS) is 15.5. The maximum atomic E-state index is 12.0. The van der Waals surface area contributed by atoms with Crippen molar-refractivity contribution in [1.29, 1.82) is 0 Å². The molecule has 0 saturated carbocycles. The van der Waals surface area contributed by atoms with E-state index in [1.54, 1.807) is 11.3 Å². The van der Waals surface area contributed by atoms with Crippen molar-refractivity contribution in [2.75, 3.05) is 16.8 Å². The van der Waals surface area contributed by atoms with Crippen molar-refractivity contribution in [3.63, 3.8) is 0 Å². The molecule has 2 aromatic rings. The van der Waals surface area contributed by atoms with Crippen molar-refractivity contribution in [3.8, 4) is 0 Å². The molecule has 6 heteroatoms. The smallest absolute Gasteiger partial charge is 0.243 e. The fourth-order valence-corrected chi connectivity index (χ4v) is 3.85. The summed E-state index contributed by atoms with van der Waals surface area (Å²) in [5.41, 5.74) is 2.80. The van der Waals surface area contributed by atoms with E-state index in [1.807, 2.05) is 29.6 Å². The Morgan fingerprint density at radius 2 is 2.29 bits per heavy atom. The second kappa shape index (κ2) is 6.03. The molecule has 1 aromatic carbocycles. The van der Waals surface area contributed by atoms with Gasteiger partial charge in [0.2, 0.25) is 5.91 Å². The summed E-state index contributed by atoms with van der Waals surface area (Å²) < 4.78 is 0. The summed E-state index contributed by atoms with van der Waals surface area (Å²) >= 11 is 7.45. The number of fused-ring (bicyclic) bond motifs is 1. The Bertz CT molecular complexity index is 658. The number of nitrogens with one attached hydrogen (secondary N) is 1. The van der Waals surface area contributed by atoms with E-state index in [0.717, 1.165) is 28.5 Å². The van der Waals surface area contributed by atoms with Crippen LogP contribution in [0, 0.1) is 0 Å². The van der Waals surface area contributed by atoms with Gasteiger partial charge < -0.3 is 10.2 Å². The molecule has 0 aliphatic carbocycles. The number of thiazole rings is 1. The zero-order valence-electron chi connectivity index (χ0n) is 11.7. The number of alkyl halides is 1. The van der Waals surface area contributed by atoms with Crippen molar-refractivity contribution in [1.82, 2.24) is 4.98 Å². The fourth-order valence-electron chi connectivity index (χ4n) is 2.60. The van der Waals surface area contributed by atoms with Gasteiger partial charge in [-0.25, -0.2) is 4.98 Å². The van der Waals surface area contributed by atoms with E-state index < -0.39 is 0 Å². The van der Waals surface area contributed by atoms with E-state index in [4.69, 9.17) is 11.6 Å². The zero-order valence-corrected chi connectivity index (χ0v) is 13.2. The summed E-state index contributed by atoms with van der Waals surface area (Å²) in [5, 5.41) is 5.92. The first-order chi connectivity index (χ1) is 10.2. The minimum absolute atomic E-state index is 0.0151. The molecule has 1 atom stereocenters. The van der Waals surface area contributed by atoms with E-state index in [-0.39, 0.29) is 11.9 Å². The van der Waals surface area contributed by atoms with Crippen molar-refractivity contribution >= 4 is 40.2 Å². The van der Waals surface area contributed by atoms with Crippen molar-refractivity contribution < 1.29 is 4.79 Å². The predicted octanol–water partition coefficient (Wildman–Crippen LogP) is 3.79. The molecular weight excluding hydrogens is 306 g/mol. The third kappa shape index (κ3) is 2.76. The summed E-state index contributed by atoms with van der Waals surface area (Å²) in [5.74, 6) is 0.436. The Kier molecular flexibility index (Phi) is 4.12. The summed E-state index contributed by atoms with van der Waals surface area (Å²) in [4.78, 5) is 18.7. The van der Waals surface area contributed by atoms with Gasteiger partial charge in [0.25, 0.3) is 0 Å². The molecule has 21 heavy (non-hydrogen) atoms. The Labute approximate surface area is 132 Å². The molecule has 4 nitrogen and oxygen atoms in total. The van der Waals surface area contributed by atoms with E-state index in [9.17, 15) is 4.79 Å². The highest BCUT2D eigenvalue weighted by Gasteiger charge is 2.29. The van der Waals surface area contributed by atoms with Gasteiger partial charge in [0.05, 0.1) is 35.5 Å². The first kappa shape index (κ1) is 14.4. The van der Waals surface area contributed by atoms with E-state index >= 15 is 0 Å². The minimum Gasteiger partial charge on any atom is -0.351 e. The summed E-state index contributed by atoms with van der Waals surface area (Å²) in [6.07, 6.45) is 0.886. The molecule has 3 rings (SSSR count). The van der Waals surface area contributed by atoms with Crippen LogP contribution < -0.4 is 10.2 Å². The molecule has 2 heterocycles. The molecule has 1 aliphatic rings. The Morgan fingerprint density at radius 3 is 3.00 bits per heavy atom. The highest BCUT2D eigenvalue weighted by molar-refractivity contribution is 7.09. The lowest BCUT2D eigenvalue weighted by Gasteiger charge is -2.36. The molecule has 0 spiro atoms. The lowest BCUT2D eigenvalue weighted by Crippen LogP contribution is -2.40. The quantitative estimate of drug-likeness (QED) is 0.871. The van der Waals surface area contributed by atoms with Crippen LogP contribution in [-0.4, -0.2) is 17.4 Å². The number of aromatic nitrogens is 1. The molecule has 0 fully saturated rings. The van der Waals surface area contributed by atoms with Gasteiger partial charge >= 0.3 is 0 Å². The third-order valence-electron chi connectivity index (χ3n) is 3.56. The standard InChI is InChI=1S/C15H16ClN3OS/c1-2-12(15-17-10(7-16)9-21-15)19-8-14(20)18-11-5-3-4-6-13(11)19/h3-6,9,12H,2,7-8H2,1H3,(H,18,20). The number of hydrogen-bond donors (Lipinski definition) is 1. The largest absolute Gasteiger partial charge is 0.351 e. The minimum atomic E-state index is 0.0151. The lowest BCUT2D eigenvalue weighted by molar-refractivity contribution is -0.115. The average molecular weight is 322 g/mol. The maximum Gasteiger partial charge on any atom is 0.243 e. The van der Waals surface area contributed by atoms with Gasteiger partial charge in [-0.05, 0) is 18.6 Å². The van der Waals surface area contributed by atoms with Crippen LogP contribution in [0.5, 0.6) is 0 Å². The molecule has 1 amide bonds. The topological polar surface area (TPSA) is 45.2 Å². The lowest BCUT2D eigenvalue weighted by atomic mass is 10.1. The van der Waals surface area contributed by atoms with Gasteiger partial charge in [-0.3, -0.25) is 4.79 Å². The number of amides is 1. The number of para-hydroxylation sites is 2. The molecule has 1 aliphatic heterocycles. The number of benzene rings is 1. The monoisotopic (exact) mass is 321 g/mol. The molecular formula is C15H16ClN3OS. The van der Waals surface area contributed by atoms with Gasteiger partial charge in [0.1, 0.15) is 5.01 Å². The van der Waals surface area contributed by atoms with Crippen LogP contribution in [0.15, 0.2) is 29.6 Å². The highest BCUT2D eigenvalue weighted by atomic mass is 35.5. The molecule has 0 radical (unpaired) electrons. The van der Waals surface area contributed by atoms with Crippen LogP contribution in [0.3, 0.4) is 0 Å². The summed E-state index contributed by atoms with van der Waals surface area (Å²) in [6.45, 7) is 2.47. The van der Waals surface area contributed by atoms with Crippen LogP contribution >= 0.6 is 22.9 Å². The number of rotatable bonds is 4. The maximum absolute atomic E-state index is 12.0. The molecule has 0 bridgehead atoms. The van der Waals surface area contributed by atoms with Crippen molar-refractivity contribution in [2.24, 2.45) is 0 Å². The van der Waals surface area contributed by atoms with Crippen LogP contribution in [0.25, 0.3) is 0 Å². The Hall–Kier alpha value is -1.59. The molecule has 1 N–H and O–H groups in total. The van der Waals surface area contributed by atoms with Gasteiger partial charge in [-0.2, -0.15) is 0 Å². The predicted molar refractivity (Wildman–Crippen MR) is 87.1 cm³/mol. The zero-order chi connectivity index (χ0) is 14.8. The number of carbonyl (C=O) groups excluding carboxylic acids is 1. The highest BCUT2D eigenvalue weighted by Crippen LogP contribution is 2.37. The second-order valence-corrected chi connectivity index (χ2v) is 6.08. The Morgan fingerprint density at radius 1 is 1.48 bits per heavy atom. The summed E-state index contributed by atoms with van der Waals surface area (Å²) in [7, 11) is 0. The second-order valence-electron chi connectivity index (χ2n) is 4.93. The van der Waals surface area contributed by atoms with Crippen molar-refractivity contribution in [3.05, 3.63) is 40.3 Å². The van der Waals surface area contributed by atoms with E-state index in [2.05, 4.69) is 22.1 Å².